The van der Waals surface area contributed by atoms with Crippen molar-refractivity contribution >= 4 is 5.97 Å². The van der Waals surface area contributed by atoms with Gasteiger partial charge in [-0.2, -0.15) is 0 Å². The highest BCUT2D eigenvalue weighted by atomic mass is 16.5. The standard InChI is InChI=1S/C15H22O3/c1-3-12-8-7-10-14(13(16)18-4-2)9-5-6-11-15(12,14)17/h1,12,17H,4-11H2,2H3/t12-,14-,15-/m1/s1. The number of carbonyl (C=O) groups excluding carboxylic acids is 1. The first-order valence-electron chi connectivity index (χ1n) is 6.96. The van der Waals surface area contributed by atoms with E-state index in [0.717, 1.165) is 25.7 Å². The number of ether oxygens (including phenoxy) is 1. The second kappa shape index (κ2) is 4.93. The van der Waals surface area contributed by atoms with Gasteiger partial charge < -0.3 is 9.84 Å². The van der Waals surface area contributed by atoms with Crippen LogP contribution in [0.3, 0.4) is 0 Å². The Labute approximate surface area is 109 Å². The number of hydrogen-bond acceptors (Lipinski definition) is 3. The lowest BCUT2D eigenvalue weighted by atomic mass is 9.53. The fourth-order valence-electron chi connectivity index (χ4n) is 3.84. The Morgan fingerprint density at radius 2 is 2.06 bits per heavy atom. The van der Waals surface area contributed by atoms with Crippen LogP contribution in [0.15, 0.2) is 0 Å². The normalized spacial score (nSPS) is 39.5. The molecule has 100 valence electrons. The molecule has 3 heteroatoms. The van der Waals surface area contributed by atoms with Crippen molar-refractivity contribution in [2.24, 2.45) is 11.3 Å². The van der Waals surface area contributed by atoms with Crippen molar-refractivity contribution in [1.82, 2.24) is 0 Å². The van der Waals surface area contributed by atoms with E-state index in [0.29, 0.717) is 25.9 Å². The van der Waals surface area contributed by atoms with E-state index in [-0.39, 0.29) is 11.9 Å². The van der Waals surface area contributed by atoms with Crippen LogP contribution in [0.5, 0.6) is 0 Å². The maximum Gasteiger partial charge on any atom is 0.315 e. The van der Waals surface area contributed by atoms with Gasteiger partial charge in [-0.25, -0.2) is 0 Å². The quantitative estimate of drug-likeness (QED) is 0.604. The molecule has 1 N–H and O–H groups in total. The van der Waals surface area contributed by atoms with Crippen molar-refractivity contribution in [3.05, 3.63) is 0 Å². The van der Waals surface area contributed by atoms with Crippen molar-refractivity contribution in [1.29, 1.82) is 0 Å². The fraction of sp³-hybridized carbons (Fsp3) is 0.800. The van der Waals surface area contributed by atoms with E-state index in [9.17, 15) is 9.90 Å². The molecule has 0 saturated heterocycles. The summed E-state index contributed by atoms with van der Waals surface area (Å²) in [5.41, 5.74) is -1.80. The van der Waals surface area contributed by atoms with E-state index in [4.69, 9.17) is 11.2 Å². The molecule has 2 saturated carbocycles. The molecular weight excluding hydrogens is 228 g/mol. The minimum atomic E-state index is -1.05. The SMILES string of the molecule is C#C[C@@H]1CCC[C@@]2(C(=O)OCC)CCCC[C@@]12O. The molecule has 2 fully saturated rings. The number of hydrogen-bond donors (Lipinski definition) is 1. The van der Waals surface area contributed by atoms with E-state index in [1.165, 1.54) is 0 Å². The van der Waals surface area contributed by atoms with E-state index in [1.54, 1.807) is 6.92 Å². The molecule has 0 aromatic heterocycles. The first kappa shape index (κ1) is 13.4. The molecule has 0 amide bonds. The molecule has 2 rings (SSSR count). The molecule has 0 aromatic carbocycles. The molecule has 0 radical (unpaired) electrons. The van der Waals surface area contributed by atoms with Crippen LogP contribution in [0.2, 0.25) is 0 Å². The summed E-state index contributed by atoms with van der Waals surface area (Å²) in [7, 11) is 0. The summed E-state index contributed by atoms with van der Waals surface area (Å²) in [5.74, 6) is 2.25. The largest absolute Gasteiger partial charge is 0.465 e. The third kappa shape index (κ3) is 1.75. The second-order valence-electron chi connectivity index (χ2n) is 5.55. The third-order valence-corrected chi connectivity index (χ3v) is 4.78. The highest BCUT2D eigenvalue weighted by Crippen LogP contribution is 2.56. The van der Waals surface area contributed by atoms with E-state index < -0.39 is 11.0 Å². The molecule has 2 aliphatic rings. The molecule has 2 aliphatic carbocycles. The minimum absolute atomic E-state index is 0.212. The Balaban J connectivity index is 2.39. The van der Waals surface area contributed by atoms with E-state index in [1.807, 2.05) is 0 Å². The number of esters is 1. The average Bonchev–Trinajstić information content (AvgIpc) is 2.37. The molecule has 3 nitrogen and oxygen atoms in total. The van der Waals surface area contributed by atoms with E-state index >= 15 is 0 Å². The monoisotopic (exact) mass is 250 g/mol. The molecule has 0 unspecified atom stereocenters. The zero-order chi connectivity index (χ0) is 13.2. The van der Waals surface area contributed by atoms with Crippen LogP contribution < -0.4 is 0 Å². The molecule has 18 heavy (non-hydrogen) atoms. The Morgan fingerprint density at radius 3 is 2.72 bits per heavy atom. The lowest BCUT2D eigenvalue weighted by Crippen LogP contribution is -2.61. The third-order valence-electron chi connectivity index (χ3n) is 4.78. The predicted molar refractivity (Wildman–Crippen MR) is 68.7 cm³/mol. The Bertz CT molecular complexity index is 366. The van der Waals surface area contributed by atoms with Gasteiger partial charge in [-0.3, -0.25) is 4.79 Å². The highest BCUT2D eigenvalue weighted by molar-refractivity contribution is 5.79. The topological polar surface area (TPSA) is 46.5 Å². The van der Waals surface area contributed by atoms with Gasteiger partial charge in [-0.05, 0) is 32.6 Å². The zero-order valence-electron chi connectivity index (χ0n) is 11.1. The van der Waals surface area contributed by atoms with Crippen LogP contribution in [0.25, 0.3) is 0 Å². The molecule has 3 atom stereocenters. The van der Waals surface area contributed by atoms with Crippen molar-refractivity contribution in [3.63, 3.8) is 0 Å². The molecule has 0 spiro atoms. The molecule has 0 aliphatic heterocycles. The summed E-state index contributed by atoms with van der Waals surface area (Å²) in [6.45, 7) is 2.16. The first-order valence-corrected chi connectivity index (χ1v) is 6.96. The Hall–Kier alpha value is -1.01. The lowest BCUT2D eigenvalue weighted by Gasteiger charge is -2.54. The van der Waals surface area contributed by atoms with Gasteiger partial charge >= 0.3 is 5.97 Å². The van der Waals surface area contributed by atoms with Crippen LogP contribution >= 0.6 is 0 Å². The summed E-state index contributed by atoms with van der Waals surface area (Å²) in [4.78, 5) is 12.4. The van der Waals surface area contributed by atoms with Crippen molar-refractivity contribution in [2.75, 3.05) is 6.61 Å². The van der Waals surface area contributed by atoms with E-state index in [2.05, 4.69) is 5.92 Å². The van der Waals surface area contributed by atoms with Crippen molar-refractivity contribution in [3.8, 4) is 12.3 Å². The predicted octanol–water partition coefficient (Wildman–Crippen LogP) is 2.27. The first-order chi connectivity index (χ1) is 8.60. The van der Waals surface area contributed by atoms with Crippen molar-refractivity contribution < 1.29 is 14.6 Å². The smallest absolute Gasteiger partial charge is 0.315 e. The number of aliphatic hydroxyl groups is 1. The maximum absolute atomic E-state index is 12.4. The summed E-state index contributed by atoms with van der Waals surface area (Å²) in [6, 6.07) is 0. The summed E-state index contributed by atoms with van der Waals surface area (Å²) in [5, 5.41) is 11.1. The number of rotatable bonds is 2. The minimum Gasteiger partial charge on any atom is -0.465 e. The summed E-state index contributed by atoms with van der Waals surface area (Å²) < 4.78 is 5.23. The number of terminal acetylenes is 1. The molecular formula is C15H22O3. The number of carbonyl (C=O) groups is 1. The highest BCUT2D eigenvalue weighted by Gasteiger charge is 2.62. The fourth-order valence-corrected chi connectivity index (χ4v) is 3.84. The number of fused-ring (bicyclic) bond motifs is 1. The molecule has 0 aromatic rings. The van der Waals surface area contributed by atoms with Gasteiger partial charge in [0.05, 0.1) is 17.6 Å². The molecule has 0 bridgehead atoms. The Kier molecular flexibility index (Phi) is 3.68. The lowest BCUT2D eigenvalue weighted by molar-refractivity contribution is -0.200. The van der Waals surface area contributed by atoms with Gasteiger partial charge in [0.2, 0.25) is 0 Å². The van der Waals surface area contributed by atoms with Crippen molar-refractivity contribution in [2.45, 2.75) is 57.5 Å². The van der Waals surface area contributed by atoms with Gasteiger partial charge in [-0.1, -0.05) is 19.3 Å². The summed E-state index contributed by atoms with van der Waals surface area (Å²) in [6.07, 6.45) is 11.2. The van der Waals surface area contributed by atoms with Gasteiger partial charge in [0.15, 0.2) is 0 Å². The van der Waals surface area contributed by atoms with Gasteiger partial charge in [0.25, 0.3) is 0 Å². The van der Waals surface area contributed by atoms with Crippen LogP contribution in [-0.2, 0) is 9.53 Å². The maximum atomic E-state index is 12.4. The van der Waals surface area contributed by atoms with Gasteiger partial charge in [0.1, 0.15) is 0 Å². The van der Waals surface area contributed by atoms with Crippen LogP contribution in [0.4, 0.5) is 0 Å². The van der Waals surface area contributed by atoms with Crippen LogP contribution in [0, 0.1) is 23.7 Å². The van der Waals surface area contributed by atoms with Crippen LogP contribution in [0.1, 0.15) is 51.9 Å². The second-order valence-corrected chi connectivity index (χ2v) is 5.55. The Morgan fingerprint density at radius 1 is 1.39 bits per heavy atom. The van der Waals surface area contributed by atoms with Crippen LogP contribution in [-0.4, -0.2) is 23.3 Å². The van der Waals surface area contributed by atoms with Gasteiger partial charge in [-0.15, -0.1) is 12.3 Å². The average molecular weight is 250 g/mol. The summed E-state index contributed by atoms with van der Waals surface area (Å²) >= 11 is 0. The van der Waals surface area contributed by atoms with Gasteiger partial charge in [0, 0.05) is 5.92 Å². The molecule has 0 heterocycles. The zero-order valence-corrected chi connectivity index (χ0v) is 11.1.